The largest absolute Gasteiger partial charge is 0.370 e. The molecule has 4 nitrogen and oxygen atoms in total. The molecule has 2 fully saturated rings. The molecule has 4 rings (SSSR count). The lowest BCUT2D eigenvalue weighted by Crippen LogP contribution is -2.40. The molecule has 4 heterocycles. The van der Waals surface area contributed by atoms with E-state index in [1.54, 1.807) is 0 Å². The van der Waals surface area contributed by atoms with Crippen LogP contribution in [0.3, 0.4) is 0 Å². The van der Waals surface area contributed by atoms with E-state index in [0.717, 1.165) is 31.5 Å². The molecule has 2 aliphatic heterocycles. The van der Waals surface area contributed by atoms with Gasteiger partial charge in [-0.2, -0.15) is 0 Å². The molecular weight excluding hydrogens is 272 g/mol. The van der Waals surface area contributed by atoms with Gasteiger partial charge in [-0.1, -0.05) is 6.07 Å². The zero-order valence-electron chi connectivity index (χ0n) is 12.8. The van der Waals surface area contributed by atoms with Gasteiger partial charge in [0.15, 0.2) is 0 Å². The van der Waals surface area contributed by atoms with Crippen LogP contribution < -0.4 is 4.90 Å². The van der Waals surface area contributed by atoms with Gasteiger partial charge in [-0.25, -0.2) is 0 Å². The van der Waals surface area contributed by atoms with E-state index in [2.05, 4.69) is 38.0 Å². The standard InChI is InChI=1S/C18H22N4/c1-2-8-20-17(4-1)14-21-11-15-6-9-22(13-16(15)12-21)18-5-3-7-19-10-18/h1-5,7-8,10,15-16H,6,9,11-14H2/t15-,16-/m1/s1. The van der Waals surface area contributed by atoms with E-state index in [1.807, 2.05) is 30.7 Å². The fraction of sp³-hybridized carbons (Fsp3) is 0.444. The van der Waals surface area contributed by atoms with Gasteiger partial charge < -0.3 is 4.90 Å². The first-order chi connectivity index (χ1) is 10.9. The van der Waals surface area contributed by atoms with Crippen molar-refractivity contribution in [3.05, 3.63) is 54.6 Å². The van der Waals surface area contributed by atoms with Crippen molar-refractivity contribution in [1.82, 2.24) is 14.9 Å². The second-order valence-corrected chi connectivity index (χ2v) is 6.48. The summed E-state index contributed by atoms with van der Waals surface area (Å²) < 4.78 is 0. The highest BCUT2D eigenvalue weighted by Gasteiger charge is 2.37. The third kappa shape index (κ3) is 2.83. The summed E-state index contributed by atoms with van der Waals surface area (Å²) in [5, 5.41) is 0. The maximum absolute atomic E-state index is 4.46. The van der Waals surface area contributed by atoms with Gasteiger partial charge in [-0.3, -0.25) is 14.9 Å². The molecular formula is C18H22N4. The summed E-state index contributed by atoms with van der Waals surface area (Å²) in [4.78, 5) is 13.8. The summed E-state index contributed by atoms with van der Waals surface area (Å²) in [5.41, 5.74) is 2.45. The van der Waals surface area contributed by atoms with Crippen molar-refractivity contribution in [3.63, 3.8) is 0 Å². The number of aromatic nitrogens is 2. The number of likely N-dealkylation sites (tertiary alicyclic amines) is 1. The van der Waals surface area contributed by atoms with Crippen LogP contribution in [0.4, 0.5) is 5.69 Å². The Kier molecular flexibility index (Phi) is 3.77. The number of nitrogens with zero attached hydrogens (tertiary/aromatic N) is 4. The molecule has 0 N–H and O–H groups in total. The Morgan fingerprint density at radius 1 is 1.00 bits per heavy atom. The van der Waals surface area contributed by atoms with Gasteiger partial charge in [0.05, 0.1) is 17.6 Å². The van der Waals surface area contributed by atoms with Crippen molar-refractivity contribution in [2.75, 3.05) is 31.1 Å². The zero-order chi connectivity index (χ0) is 14.8. The van der Waals surface area contributed by atoms with Crippen LogP contribution >= 0.6 is 0 Å². The van der Waals surface area contributed by atoms with E-state index < -0.39 is 0 Å². The Labute approximate surface area is 131 Å². The molecule has 0 radical (unpaired) electrons. The van der Waals surface area contributed by atoms with E-state index in [1.165, 1.54) is 30.9 Å². The summed E-state index contributed by atoms with van der Waals surface area (Å²) >= 11 is 0. The Bertz CT molecular complexity index is 601. The molecule has 0 bridgehead atoms. The van der Waals surface area contributed by atoms with Crippen LogP contribution in [0.1, 0.15) is 12.1 Å². The van der Waals surface area contributed by atoms with E-state index in [0.29, 0.717) is 0 Å². The quantitative estimate of drug-likeness (QED) is 0.870. The predicted octanol–water partition coefficient (Wildman–Crippen LogP) is 2.43. The maximum atomic E-state index is 4.46. The van der Waals surface area contributed by atoms with Crippen molar-refractivity contribution in [2.45, 2.75) is 13.0 Å². The molecule has 2 aromatic rings. The zero-order valence-corrected chi connectivity index (χ0v) is 12.8. The van der Waals surface area contributed by atoms with E-state index in [9.17, 15) is 0 Å². The first kappa shape index (κ1) is 13.7. The molecule has 2 saturated heterocycles. The summed E-state index contributed by atoms with van der Waals surface area (Å²) in [6.07, 6.45) is 7.02. The van der Waals surface area contributed by atoms with Crippen molar-refractivity contribution in [3.8, 4) is 0 Å². The lowest BCUT2D eigenvalue weighted by molar-refractivity contribution is 0.310. The molecule has 2 aromatic heterocycles. The van der Waals surface area contributed by atoms with Crippen LogP contribution in [0.5, 0.6) is 0 Å². The van der Waals surface area contributed by atoms with Crippen LogP contribution in [0.25, 0.3) is 0 Å². The molecule has 2 aliphatic rings. The third-order valence-electron chi connectivity index (χ3n) is 5.00. The molecule has 0 aliphatic carbocycles. The van der Waals surface area contributed by atoms with E-state index in [-0.39, 0.29) is 0 Å². The second kappa shape index (κ2) is 6.05. The minimum Gasteiger partial charge on any atom is -0.370 e. The Morgan fingerprint density at radius 3 is 2.77 bits per heavy atom. The Morgan fingerprint density at radius 2 is 1.95 bits per heavy atom. The molecule has 0 unspecified atom stereocenters. The molecule has 4 heteroatoms. The minimum atomic E-state index is 0.776. The van der Waals surface area contributed by atoms with Gasteiger partial charge in [-0.15, -0.1) is 0 Å². The van der Waals surface area contributed by atoms with Gasteiger partial charge in [0.2, 0.25) is 0 Å². The maximum Gasteiger partial charge on any atom is 0.0552 e. The molecule has 0 spiro atoms. The minimum absolute atomic E-state index is 0.776. The van der Waals surface area contributed by atoms with Gasteiger partial charge in [0.1, 0.15) is 0 Å². The number of rotatable bonds is 3. The first-order valence-electron chi connectivity index (χ1n) is 8.16. The van der Waals surface area contributed by atoms with Gasteiger partial charge >= 0.3 is 0 Å². The van der Waals surface area contributed by atoms with Crippen LogP contribution in [0.2, 0.25) is 0 Å². The van der Waals surface area contributed by atoms with Crippen molar-refractivity contribution < 1.29 is 0 Å². The van der Waals surface area contributed by atoms with Gasteiger partial charge in [-0.05, 0) is 42.5 Å². The van der Waals surface area contributed by atoms with Crippen LogP contribution in [0.15, 0.2) is 48.9 Å². The van der Waals surface area contributed by atoms with Crippen LogP contribution in [-0.4, -0.2) is 41.0 Å². The highest BCUT2D eigenvalue weighted by Crippen LogP contribution is 2.33. The fourth-order valence-electron chi connectivity index (χ4n) is 3.89. The number of hydrogen-bond donors (Lipinski definition) is 0. The lowest BCUT2D eigenvalue weighted by Gasteiger charge is -2.35. The van der Waals surface area contributed by atoms with E-state index in [4.69, 9.17) is 0 Å². The topological polar surface area (TPSA) is 32.3 Å². The average Bonchev–Trinajstić information content (AvgIpc) is 2.98. The van der Waals surface area contributed by atoms with Crippen LogP contribution in [-0.2, 0) is 6.54 Å². The molecule has 0 aromatic carbocycles. The second-order valence-electron chi connectivity index (χ2n) is 6.48. The number of piperidine rings is 1. The number of pyridine rings is 2. The fourth-order valence-corrected chi connectivity index (χ4v) is 3.89. The molecule has 0 saturated carbocycles. The first-order valence-corrected chi connectivity index (χ1v) is 8.16. The summed E-state index contributed by atoms with van der Waals surface area (Å²) in [7, 11) is 0. The van der Waals surface area contributed by atoms with Crippen molar-refractivity contribution in [1.29, 1.82) is 0 Å². The number of hydrogen-bond acceptors (Lipinski definition) is 4. The number of anilines is 1. The van der Waals surface area contributed by atoms with Gasteiger partial charge in [0.25, 0.3) is 0 Å². The van der Waals surface area contributed by atoms with Crippen molar-refractivity contribution >= 4 is 5.69 Å². The molecule has 114 valence electrons. The molecule has 0 amide bonds. The highest BCUT2D eigenvalue weighted by atomic mass is 15.2. The Hall–Kier alpha value is -1.94. The van der Waals surface area contributed by atoms with Gasteiger partial charge in [0, 0.05) is 45.1 Å². The number of fused-ring (bicyclic) bond motifs is 1. The molecule has 2 atom stereocenters. The van der Waals surface area contributed by atoms with E-state index >= 15 is 0 Å². The monoisotopic (exact) mass is 294 g/mol. The molecule has 22 heavy (non-hydrogen) atoms. The smallest absolute Gasteiger partial charge is 0.0552 e. The SMILES string of the molecule is c1ccc(CN2C[C@H]3CCN(c4cccnc4)C[C@H]3C2)nc1. The Balaban J connectivity index is 1.40. The summed E-state index contributed by atoms with van der Waals surface area (Å²) in [5.74, 6) is 1.62. The lowest BCUT2D eigenvalue weighted by atomic mass is 9.88. The summed E-state index contributed by atoms with van der Waals surface area (Å²) in [6, 6.07) is 10.4. The average molecular weight is 294 g/mol. The highest BCUT2D eigenvalue weighted by molar-refractivity contribution is 5.44. The van der Waals surface area contributed by atoms with Crippen molar-refractivity contribution in [2.24, 2.45) is 11.8 Å². The normalized spacial score (nSPS) is 25.2. The summed E-state index contributed by atoms with van der Waals surface area (Å²) in [6.45, 7) is 5.72. The van der Waals surface area contributed by atoms with Crippen LogP contribution in [0, 0.1) is 11.8 Å². The predicted molar refractivity (Wildman–Crippen MR) is 87.6 cm³/mol. The third-order valence-corrected chi connectivity index (χ3v) is 5.00.